The maximum absolute atomic E-state index is 10.4. The molecule has 0 aromatic heterocycles. The highest BCUT2D eigenvalue weighted by Gasteiger charge is 1.97. The second kappa shape index (κ2) is 19.2. The van der Waals surface area contributed by atoms with E-state index in [1.165, 1.54) is 70.6 Å². The Hall–Kier alpha value is -0.830. The van der Waals surface area contributed by atoms with E-state index in [1.807, 2.05) is 0 Å². The molecule has 0 amide bonds. The van der Waals surface area contributed by atoms with Crippen LogP contribution in [-0.2, 0) is 4.79 Å². The van der Waals surface area contributed by atoms with Gasteiger partial charge in [-0.1, -0.05) is 82.8 Å². The van der Waals surface area contributed by atoms with Gasteiger partial charge in [-0.2, -0.15) is 0 Å². The molecule has 2 N–H and O–H groups in total. The van der Waals surface area contributed by atoms with Crippen molar-refractivity contribution in [2.24, 2.45) is 0 Å². The van der Waals surface area contributed by atoms with E-state index in [0.29, 0.717) is 6.42 Å². The fraction of sp³-hybridized carbons (Fsp3) is 0.850. The van der Waals surface area contributed by atoms with Crippen LogP contribution < -0.4 is 0 Å². The molecule has 3 nitrogen and oxygen atoms in total. The molecule has 23 heavy (non-hydrogen) atoms. The SMILES string of the molecule is O=C(O)CCCCCCCCCCCCCCCC=CCCO. The third-order valence-corrected chi connectivity index (χ3v) is 4.22. The molecule has 136 valence electrons. The van der Waals surface area contributed by atoms with Crippen LogP contribution in [0.2, 0.25) is 0 Å². The van der Waals surface area contributed by atoms with Crippen LogP contribution in [0.25, 0.3) is 0 Å². The summed E-state index contributed by atoms with van der Waals surface area (Å²) in [6.45, 7) is 0.265. The predicted octanol–water partition coefficient (Wildman–Crippen LogP) is 5.86. The Balaban J connectivity index is 3.01. The van der Waals surface area contributed by atoms with E-state index in [1.54, 1.807) is 0 Å². The number of carboxylic acid groups (broad SMARTS) is 1. The van der Waals surface area contributed by atoms with Crippen LogP contribution in [0.1, 0.15) is 103 Å². The van der Waals surface area contributed by atoms with Gasteiger partial charge in [0.15, 0.2) is 0 Å². The molecule has 0 aromatic carbocycles. The fourth-order valence-corrected chi connectivity index (χ4v) is 2.79. The highest BCUT2D eigenvalue weighted by Crippen LogP contribution is 2.13. The van der Waals surface area contributed by atoms with Gasteiger partial charge >= 0.3 is 5.97 Å². The topological polar surface area (TPSA) is 57.5 Å². The summed E-state index contributed by atoms with van der Waals surface area (Å²) >= 11 is 0. The smallest absolute Gasteiger partial charge is 0.303 e. The van der Waals surface area contributed by atoms with Crippen LogP contribution >= 0.6 is 0 Å². The van der Waals surface area contributed by atoms with Crippen LogP contribution in [0.5, 0.6) is 0 Å². The molecule has 0 atom stereocenters. The number of unbranched alkanes of at least 4 members (excludes halogenated alkanes) is 13. The maximum atomic E-state index is 10.4. The summed E-state index contributed by atoms with van der Waals surface area (Å²) in [5.41, 5.74) is 0. The summed E-state index contributed by atoms with van der Waals surface area (Å²) in [5.74, 6) is -0.664. The van der Waals surface area contributed by atoms with Crippen LogP contribution in [0, 0.1) is 0 Å². The zero-order chi connectivity index (χ0) is 17.0. The van der Waals surface area contributed by atoms with Crippen molar-refractivity contribution in [2.45, 2.75) is 103 Å². The van der Waals surface area contributed by atoms with Crippen LogP contribution in [0.15, 0.2) is 12.2 Å². The molecule has 0 radical (unpaired) electrons. The predicted molar refractivity (Wildman–Crippen MR) is 97.7 cm³/mol. The minimum atomic E-state index is -0.664. The molecule has 0 spiro atoms. The molecule has 0 saturated carbocycles. The standard InChI is InChI=1S/C20H38O3/c21-19-17-15-13-11-9-7-5-3-1-2-4-6-8-10-12-14-16-18-20(22)23/h13,15,21H,1-12,14,16-19H2,(H,22,23). The Morgan fingerprint density at radius 1 is 0.609 bits per heavy atom. The van der Waals surface area contributed by atoms with Crippen molar-refractivity contribution in [3.8, 4) is 0 Å². The lowest BCUT2D eigenvalue weighted by atomic mass is 10.0. The van der Waals surface area contributed by atoms with Crippen LogP contribution in [-0.4, -0.2) is 22.8 Å². The van der Waals surface area contributed by atoms with E-state index in [9.17, 15) is 4.79 Å². The van der Waals surface area contributed by atoms with E-state index in [4.69, 9.17) is 10.2 Å². The van der Waals surface area contributed by atoms with Crippen molar-refractivity contribution in [1.82, 2.24) is 0 Å². The van der Waals surface area contributed by atoms with Gasteiger partial charge in [-0.15, -0.1) is 0 Å². The Morgan fingerprint density at radius 3 is 1.43 bits per heavy atom. The summed E-state index contributed by atoms with van der Waals surface area (Å²) in [4.78, 5) is 10.4. The number of allylic oxidation sites excluding steroid dienone is 1. The number of carboxylic acids is 1. The van der Waals surface area contributed by atoms with Crippen molar-refractivity contribution in [3.05, 3.63) is 12.2 Å². The molecule has 0 saturated heterocycles. The van der Waals surface area contributed by atoms with Crippen molar-refractivity contribution >= 4 is 5.97 Å². The summed E-state index contributed by atoms with van der Waals surface area (Å²) in [7, 11) is 0. The molecule has 0 bridgehead atoms. The van der Waals surface area contributed by atoms with Gasteiger partial charge in [-0.3, -0.25) is 4.79 Å². The molecule has 0 fully saturated rings. The zero-order valence-electron chi connectivity index (χ0n) is 15.0. The van der Waals surface area contributed by atoms with Gasteiger partial charge in [0.2, 0.25) is 0 Å². The lowest BCUT2D eigenvalue weighted by Gasteiger charge is -2.03. The molecule has 3 heteroatoms. The molecule has 0 aliphatic carbocycles. The molecule has 0 aromatic rings. The van der Waals surface area contributed by atoms with E-state index in [-0.39, 0.29) is 6.61 Å². The number of aliphatic hydroxyl groups is 1. The Kier molecular flexibility index (Phi) is 18.5. The molecule has 0 heterocycles. The second-order valence-electron chi connectivity index (χ2n) is 6.51. The van der Waals surface area contributed by atoms with Crippen molar-refractivity contribution in [1.29, 1.82) is 0 Å². The first-order chi connectivity index (χ1) is 11.3. The van der Waals surface area contributed by atoms with Crippen molar-refractivity contribution in [3.63, 3.8) is 0 Å². The van der Waals surface area contributed by atoms with Gasteiger partial charge in [-0.25, -0.2) is 0 Å². The van der Waals surface area contributed by atoms with E-state index in [0.717, 1.165) is 25.7 Å². The van der Waals surface area contributed by atoms with Crippen LogP contribution in [0.3, 0.4) is 0 Å². The summed E-state index contributed by atoms with van der Waals surface area (Å²) in [6.07, 6.45) is 23.0. The number of carbonyl (C=O) groups is 1. The van der Waals surface area contributed by atoms with Gasteiger partial charge in [0.25, 0.3) is 0 Å². The van der Waals surface area contributed by atoms with E-state index >= 15 is 0 Å². The van der Waals surface area contributed by atoms with Crippen molar-refractivity contribution < 1.29 is 15.0 Å². The highest BCUT2D eigenvalue weighted by molar-refractivity contribution is 5.66. The average Bonchev–Trinajstić information content (AvgIpc) is 2.53. The highest BCUT2D eigenvalue weighted by atomic mass is 16.4. The van der Waals surface area contributed by atoms with Gasteiger partial charge in [0, 0.05) is 13.0 Å². The number of hydrogen-bond donors (Lipinski definition) is 2. The summed E-state index contributed by atoms with van der Waals surface area (Å²) in [5, 5.41) is 17.2. The lowest BCUT2D eigenvalue weighted by molar-refractivity contribution is -0.137. The van der Waals surface area contributed by atoms with E-state index in [2.05, 4.69) is 12.2 Å². The number of aliphatic hydroxyl groups excluding tert-OH is 1. The average molecular weight is 327 g/mol. The lowest BCUT2D eigenvalue weighted by Crippen LogP contribution is -1.93. The summed E-state index contributed by atoms with van der Waals surface area (Å²) < 4.78 is 0. The fourth-order valence-electron chi connectivity index (χ4n) is 2.79. The first kappa shape index (κ1) is 22.2. The molecule has 0 aliphatic rings. The van der Waals surface area contributed by atoms with Gasteiger partial charge in [0.05, 0.1) is 0 Å². The Labute approximate surface area is 143 Å². The first-order valence-corrected chi connectivity index (χ1v) is 9.75. The minimum Gasteiger partial charge on any atom is -0.481 e. The number of aliphatic carboxylic acids is 1. The zero-order valence-corrected chi connectivity index (χ0v) is 15.0. The third-order valence-electron chi connectivity index (χ3n) is 4.22. The number of hydrogen-bond acceptors (Lipinski definition) is 2. The van der Waals surface area contributed by atoms with Crippen LogP contribution in [0.4, 0.5) is 0 Å². The minimum absolute atomic E-state index is 0.265. The van der Waals surface area contributed by atoms with Gasteiger partial charge in [-0.05, 0) is 25.7 Å². The number of rotatable bonds is 18. The largest absolute Gasteiger partial charge is 0.481 e. The third kappa shape index (κ3) is 21.2. The van der Waals surface area contributed by atoms with Gasteiger partial charge < -0.3 is 10.2 Å². The van der Waals surface area contributed by atoms with Gasteiger partial charge in [0.1, 0.15) is 0 Å². The molecule has 0 rings (SSSR count). The monoisotopic (exact) mass is 326 g/mol. The quantitative estimate of drug-likeness (QED) is 0.245. The molecular weight excluding hydrogens is 288 g/mol. The maximum Gasteiger partial charge on any atom is 0.303 e. The molecule has 0 aliphatic heterocycles. The Morgan fingerprint density at radius 2 is 1.00 bits per heavy atom. The Bertz CT molecular complexity index is 274. The normalized spacial score (nSPS) is 11.3. The first-order valence-electron chi connectivity index (χ1n) is 9.75. The molecule has 0 unspecified atom stereocenters. The second-order valence-corrected chi connectivity index (χ2v) is 6.51. The van der Waals surface area contributed by atoms with E-state index < -0.39 is 5.97 Å². The summed E-state index contributed by atoms with van der Waals surface area (Å²) in [6, 6.07) is 0. The molecular formula is C20H38O3. The van der Waals surface area contributed by atoms with Crippen molar-refractivity contribution in [2.75, 3.05) is 6.61 Å².